The van der Waals surface area contributed by atoms with Crippen molar-refractivity contribution in [3.8, 4) is 11.8 Å². The Balaban J connectivity index is 1.79. The lowest BCUT2D eigenvalue weighted by Gasteiger charge is -2.22. The molecule has 1 aromatic heterocycles. The number of nitrogens with zero attached hydrogens (tertiary/aromatic N) is 4. The summed E-state index contributed by atoms with van der Waals surface area (Å²) in [6.45, 7) is 2.94. The van der Waals surface area contributed by atoms with Gasteiger partial charge in [0.05, 0.1) is 16.2 Å². The van der Waals surface area contributed by atoms with E-state index in [0.29, 0.717) is 18.4 Å². The van der Waals surface area contributed by atoms with Crippen molar-refractivity contribution in [2.24, 2.45) is 5.16 Å². The first kappa shape index (κ1) is 21.4. The second-order valence-electron chi connectivity index (χ2n) is 6.50. The number of nitro groups is 1. The van der Waals surface area contributed by atoms with Gasteiger partial charge in [-0.05, 0) is 50.6 Å². The van der Waals surface area contributed by atoms with Crippen LogP contribution in [0.1, 0.15) is 30.9 Å². The van der Waals surface area contributed by atoms with Crippen LogP contribution in [0.3, 0.4) is 0 Å². The number of hydrogen-bond acceptors (Lipinski definition) is 8. The van der Waals surface area contributed by atoms with Gasteiger partial charge in [-0.25, -0.2) is 0 Å². The van der Waals surface area contributed by atoms with Crippen LogP contribution in [0.5, 0.6) is 11.8 Å². The smallest absolute Gasteiger partial charge is 0.416 e. The molecule has 0 saturated carbocycles. The van der Waals surface area contributed by atoms with Gasteiger partial charge in [-0.2, -0.15) is 23.1 Å². The van der Waals surface area contributed by atoms with Gasteiger partial charge in [-0.3, -0.25) is 10.1 Å². The minimum Gasteiger partial charge on any atom is -0.469 e. The first-order valence-corrected chi connectivity index (χ1v) is 9.01. The lowest BCUT2D eigenvalue weighted by molar-refractivity contribution is -0.387. The maximum Gasteiger partial charge on any atom is 0.416 e. The Morgan fingerprint density at radius 2 is 1.83 bits per heavy atom. The third-order valence-corrected chi connectivity index (χ3v) is 4.40. The summed E-state index contributed by atoms with van der Waals surface area (Å²) in [6.07, 6.45) is -2.29. The Bertz CT molecular complexity index is 928. The molecule has 2 heterocycles. The van der Waals surface area contributed by atoms with E-state index in [1.165, 1.54) is 19.1 Å². The first-order valence-electron chi connectivity index (χ1n) is 9.01. The summed E-state index contributed by atoms with van der Waals surface area (Å²) in [7, 11) is 0. The van der Waals surface area contributed by atoms with Crippen molar-refractivity contribution in [1.82, 2.24) is 15.3 Å². The number of ether oxygens (including phenoxy) is 1. The highest BCUT2D eigenvalue weighted by molar-refractivity contribution is 5.98. The number of aromatic nitrogens is 2. The molecule has 1 aliphatic heterocycles. The third-order valence-electron chi connectivity index (χ3n) is 4.40. The van der Waals surface area contributed by atoms with Crippen molar-refractivity contribution >= 4 is 11.4 Å². The lowest BCUT2D eigenvalue weighted by Crippen LogP contribution is -2.34. The van der Waals surface area contributed by atoms with Gasteiger partial charge in [0, 0.05) is 0 Å². The Morgan fingerprint density at radius 3 is 2.43 bits per heavy atom. The van der Waals surface area contributed by atoms with Crippen LogP contribution in [-0.2, 0) is 6.18 Å². The topological polar surface area (TPSA) is 112 Å². The van der Waals surface area contributed by atoms with Crippen LogP contribution in [0.15, 0.2) is 35.7 Å². The van der Waals surface area contributed by atoms with Gasteiger partial charge < -0.3 is 14.9 Å². The molecule has 1 saturated heterocycles. The molecule has 2 aromatic rings. The van der Waals surface area contributed by atoms with Crippen molar-refractivity contribution in [2.45, 2.75) is 32.0 Å². The number of piperidine rings is 1. The number of alkyl halides is 3. The maximum absolute atomic E-state index is 12.7. The molecule has 1 aromatic carbocycles. The number of nitrogens with one attached hydrogen (secondary N) is 1. The largest absolute Gasteiger partial charge is 0.469 e. The van der Waals surface area contributed by atoms with E-state index in [4.69, 9.17) is 9.57 Å². The van der Waals surface area contributed by atoms with Gasteiger partial charge in [0.15, 0.2) is 0 Å². The SMILES string of the molecule is CC(=NOc1ncnc(OC2CCNCC2)c1[N+](=O)[O-])c1ccc(C(F)(F)F)cc1. The van der Waals surface area contributed by atoms with Crippen molar-refractivity contribution < 1.29 is 27.7 Å². The molecule has 12 heteroatoms. The molecule has 0 bridgehead atoms. The molecule has 0 spiro atoms. The van der Waals surface area contributed by atoms with Crippen LogP contribution >= 0.6 is 0 Å². The van der Waals surface area contributed by atoms with Crippen molar-refractivity contribution in [3.63, 3.8) is 0 Å². The lowest BCUT2D eigenvalue weighted by atomic mass is 10.1. The number of halogens is 3. The van der Waals surface area contributed by atoms with Crippen LogP contribution in [0, 0.1) is 10.1 Å². The fourth-order valence-electron chi connectivity index (χ4n) is 2.79. The van der Waals surface area contributed by atoms with Gasteiger partial charge in [0.25, 0.3) is 0 Å². The van der Waals surface area contributed by atoms with Crippen LogP contribution in [0.25, 0.3) is 0 Å². The highest BCUT2D eigenvalue weighted by atomic mass is 19.4. The number of rotatable bonds is 6. The summed E-state index contributed by atoms with van der Waals surface area (Å²) in [4.78, 5) is 23.5. The van der Waals surface area contributed by atoms with Crippen LogP contribution < -0.4 is 14.9 Å². The Kier molecular flexibility index (Phi) is 6.45. The summed E-state index contributed by atoms with van der Waals surface area (Å²) in [5.41, 5.74) is -0.811. The molecular weight excluding hydrogens is 407 g/mol. The molecule has 0 aliphatic carbocycles. The van der Waals surface area contributed by atoms with E-state index >= 15 is 0 Å². The van der Waals surface area contributed by atoms with E-state index in [-0.39, 0.29) is 17.7 Å². The normalized spacial score (nSPS) is 15.7. The quantitative estimate of drug-likeness (QED) is 0.429. The maximum atomic E-state index is 12.7. The highest BCUT2D eigenvalue weighted by Crippen LogP contribution is 2.34. The average Bonchev–Trinajstić information content (AvgIpc) is 2.72. The summed E-state index contributed by atoms with van der Waals surface area (Å²) < 4.78 is 43.7. The summed E-state index contributed by atoms with van der Waals surface area (Å²) in [6, 6.07) is 4.27. The van der Waals surface area contributed by atoms with Crippen LogP contribution in [0.4, 0.5) is 18.9 Å². The number of hydrogen-bond donors (Lipinski definition) is 1. The molecule has 30 heavy (non-hydrogen) atoms. The second kappa shape index (κ2) is 9.03. The van der Waals surface area contributed by atoms with Gasteiger partial charge >= 0.3 is 23.6 Å². The summed E-state index contributed by atoms with van der Waals surface area (Å²) in [5, 5.41) is 18.4. The first-order chi connectivity index (χ1) is 14.3. The minimum absolute atomic E-state index is 0.206. The van der Waals surface area contributed by atoms with Gasteiger partial charge in [0.2, 0.25) is 0 Å². The van der Waals surface area contributed by atoms with Gasteiger partial charge in [0.1, 0.15) is 12.4 Å². The molecule has 0 atom stereocenters. The zero-order valence-corrected chi connectivity index (χ0v) is 15.8. The zero-order chi connectivity index (χ0) is 21.7. The second-order valence-corrected chi connectivity index (χ2v) is 6.50. The fourth-order valence-corrected chi connectivity index (χ4v) is 2.79. The van der Waals surface area contributed by atoms with E-state index in [9.17, 15) is 23.3 Å². The van der Waals surface area contributed by atoms with E-state index in [1.54, 1.807) is 0 Å². The Labute approximate surface area is 169 Å². The molecule has 1 fully saturated rings. The predicted molar refractivity (Wildman–Crippen MR) is 99.5 cm³/mol. The standard InChI is InChI=1S/C18H18F3N5O4/c1-11(12-2-4-13(5-3-12)18(19,20)21)25-30-17-15(26(27)28)16(23-10-24-17)29-14-6-8-22-9-7-14/h2-5,10,14,22H,6-9H2,1H3. The van der Waals surface area contributed by atoms with E-state index in [2.05, 4.69) is 20.4 Å². The van der Waals surface area contributed by atoms with Crippen molar-refractivity contribution in [1.29, 1.82) is 0 Å². The predicted octanol–water partition coefficient (Wildman–Crippen LogP) is 3.34. The number of oxime groups is 1. The van der Waals surface area contributed by atoms with E-state index < -0.39 is 28.2 Å². The zero-order valence-electron chi connectivity index (χ0n) is 15.8. The van der Waals surface area contributed by atoms with Crippen molar-refractivity contribution in [2.75, 3.05) is 13.1 Å². The molecule has 1 N–H and O–H groups in total. The Hall–Kier alpha value is -3.28. The van der Waals surface area contributed by atoms with Gasteiger partial charge in [-0.15, -0.1) is 0 Å². The van der Waals surface area contributed by atoms with Crippen molar-refractivity contribution in [3.05, 3.63) is 51.8 Å². The average molecular weight is 425 g/mol. The van der Waals surface area contributed by atoms with Gasteiger partial charge in [-0.1, -0.05) is 17.3 Å². The van der Waals surface area contributed by atoms with Crippen LogP contribution in [0.2, 0.25) is 0 Å². The molecule has 0 amide bonds. The molecular formula is C18H18F3N5O4. The molecule has 9 nitrogen and oxygen atoms in total. The minimum atomic E-state index is -4.45. The molecule has 0 unspecified atom stereocenters. The molecule has 0 radical (unpaired) electrons. The van der Waals surface area contributed by atoms with Crippen LogP contribution in [-0.4, -0.2) is 39.8 Å². The third kappa shape index (κ3) is 5.20. The monoisotopic (exact) mass is 425 g/mol. The van der Waals surface area contributed by atoms with E-state index in [1.807, 2.05) is 0 Å². The molecule has 3 rings (SSSR count). The molecule has 160 valence electrons. The number of benzene rings is 1. The summed E-state index contributed by atoms with van der Waals surface area (Å²) in [5.74, 6) is -0.649. The summed E-state index contributed by atoms with van der Waals surface area (Å²) >= 11 is 0. The van der Waals surface area contributed by atoms with E-state index in [0.717, 1.165) is 31.5 Å². The molecule has 1 aliphatic rings. The highest BCUT2D eigenvalue weighted by Gasteiger charge is 2.31. The fraction of sp³-hybridized carbons (Fsp3) is 0.389. The Morgan fingerprint density at radius 1 is 1.20 bits per heavy atom.